The molecule has 198 valence electrons. The summed E-state index contributed by atoms with van der Waals surface area (Å²) in [6.07, 6.45) is 2.15. The van der Waals surface area contributed by atoms with Gasteiger partial charge in [-0.15, -0.1) is 0 Å². The SMILES string of the molecule is COC(=O)c1ccc([C@@H]2C[C@@H](O)CCN2Cc2c(OC)cc(C)c3c2ccn3C(=O)OC(C)(C)C)cc1. The molecule has 2 heterocycles. The van der Waals surface area contributed by atoms with Crippen molar-refractivity contribution in [1.29, 1.82) is 0 Å². The zero-order valence-electron chi connectivity index (χ0n) is 22.4. The normalized spacial score (nSPS) is 18.6. The van der Waals surface area contributed by atoms with Gasteiger partial charge in [-0.1, -0.05) is 12.1 Å². The van der Waals surface area contributed by atoms with Crippen LogP contribution in [0, 0.1) is 6.92 Å². The Kier molecular flexibility index (Phi) is 7.62. The number of fused-ring (bicyclic) bond motifs is 1. The van der Waals surface area contributed by atoms with Gasteiger partial charge in [0.25, 0.3) is 0 Å². The summed E-state index contributed by atoms with van der Waals surface area (Å²) in [4.78, 5) is 27.2. The molecule has 0 bridgehead atoms. The summed E-state index contributed by atoms with van der Waals surface area (Å²) in [5, 5.41) is 11.4. The number of aliphatic hydroxyl groups excluding tert-OH is 1. The highest BCUT2D eigenvalue weighted by atomic mass is 16.6. The number of methoxy groups -OCH3 is 2. The van der Waals surface area contributed by atoms with Crippen LogP contribution in [0.15, 0.2) is 42.6 Å². The first-order valence-electron chi connectivity index (χ1n) is 12.5. The lowest BCUT2D eigenvalue weighted by molar-refractivity contribution is 0.0362. The molecule has 8 heteroatoms. The van der Waals surface area contributed by atoms with Crippen LogP contribution in [-0.4, -0.2) is 59.1 Å². The van der Waals surface area contributed by atoms with Crippen molar-refractivity contribution < 1.29 is 28.9 Å². The topological polar surface area (TPSA) is 90.2 Å². The molecule has 1 fully saturated rings. The summed E-state index contributed by atoms with van der Waals surface area (Å²) in [5.74, 6) is 0.367. The lowest BCUT2D eigenvalue weighted by Crippen LogP contribution is -2.38. The van der Waals surface area contributed by atoms with Crippen LogP contribution < -0.4 is 4.74 Å². The van der Waals surface area contributed by atoms with Crippen LogP contribution >= 0.6 is 0 Å². The van der Waals surface area contributed by atoms with Crippen molar-refractivity contribution in [1.82, 2.24) is 9.47 Å². The zero-order valence-corrected chi connectivity index (χ0v) is 22.4. The number of benzene rings is 2. The van der Waals surface area contributed by atoms with Gasteiger partial charge < -0.3 is 19.3 Å². The molecule has 8 nitrogen and oxygen atoms in total. The minimum Gasteiger partial charge on any atom is -0.496 e. The Bertz CT molecular complexity index is 1290. The van der Waals surface area contributed by atoms with Crippen LogP contribution in [0.4, 0.5) is 4.79 Å². The number of carbonyl (C=O) groups is 2. The van der Waals surface area contributed by atoms with Crippen molar-refractivity contribution in [3.63, 3.8) is 0 Å². The van der Waals surface area contributed by atoms with Crippen LogP contribution in [-0.2, 0) is 16.0 Å². The van der Waals surface area contributed by atoms with Crippen LogP contribution in [0.25, 0.3) is 10.9 Å². The molecule has 3 aromatic rings. The van der Waals surface area contributed by atoms with Crippen LogP contribution in [0.2, 0.25) is 0 Å². The zero-order chi connectivity index (χ0) is 26.9. The molecular formula is C29H36N2O6. The second-order valence-electron chi connectivity index (χ2n) is 10.6. The maximum Gasteiger partial charge on any atom is 0.419 e. The van der Waals surface area contributed by atoms with E-state index < -0.39 is 17.8 Å². The van der Waals surface area contributed by atoms with Gasteiger partial charge in [0.15, 0.2) is 0 Å². The molecule has 37 heavy (non-hydrogen) atoms. The van der Waals surface area contributed by atoms with E-state index in [1.165, 1.54) is 7.11 Å². The van der Waals surface area contributed by atoms with Gasteiger partial charge in [-0.2, -0.15) is 0 Å². The highest BCUT2D eigenvalue weighted by Crippen LogP contribution is 2.38. The van der Waals surface area contributed by atoms with Crippen LogP contribution in [0.3, 0.4) is 0 Å². The smallest absolute Gasteiger partial charge is 0.419 e. The van der Waals surface area contributed by atoms with Gasteiger partial charge in [0.05, 0.1) is 31.4 Å². The van der Waals surface area contributed by atoms with Gasteiger partial charge in [-0.05, 0) is 75.9 Å². The average molecular weight is 509 g/mol. The van der Waals surface area contributed by atoms with E-state index in [9.17, 15) is 14.7 Å². The fourth-order valence-electron chi connectivity index (χ4n) is 5.07. The lowest BCUT2D eigenvalue weighted by atomic mass is 9.91. The maximum atomic E-state index is 13.0. The fourth-order valence-corrected chi connectivity index (χ4v) is 5.07. The molecule has 0 saturated carbocycles. The van der Waals surface area contributed by atoms with Crippen molar-refractivity contribution in [2.45, 2.75) is 64.8 Å². The number of piperidine rings is 1. The number of hydrogen-bond acceptors (Lipinski definition) is 7. The molecule has 0 aliphatic carbocycles. The number of ether oxygens (including phenoxy) is 3. The summed E-state index contributed by atoms with van der Waals surface area (Å²) >= 11 is 0. The molecule has 2 atom stereocenters. The number of nitrogens with zero attached hydrogens (tertiary/aromatic N) is 2. The Hall–Kier alpha value is -3.36. The number of aryl methyl sites for hydroxylation is 1. The Morgan fingerprint density at radius 3 is 2.43 bits per heavy atom. The second-order valence-corrected chi connectivity index (χ2v) is 10.6. The van der Waals surface area contributed by atoms with Crippen molar-refractivity contribution in [2.24, 2.45) is 0 Å². The Balaban J connectivity index is 1.72. The third-order valence-electron chi connectivity index (χ3n) is 6.80. The Labute approximate surface area is 217 Å². The Morgan fingerprint density at radius 1 is 1.11 bits per heavy atom. The van der Waals surface area contributed by atoms with E-state index in [4.69, 9.17) is 14.2 Å². The monoisotopic (exact) mass is 508 g/mol. The third-order valence-corrected chi connectivity index (χ3v) is 6.80. The van der Waals surface area contributed by atoms with Gasteiger partial charge in [0.1, 0.15) is 11.4 Å². The van der Waals surface area contributed by atoms with Gasteiger partial charge in [0.2, 0.25) is 0 Å². The van der Waals surface area contributed by atoms with Crippen molar-refractivity contribution in [3.05, 3.63) is 64.8 Å². The summed E-state index contributed by atoms with van der Waals surface area (Å²) in [6.45, 7) is 8.75. The fraction of sp³-hybridized carbons (Fsp3) is 0.448. The number of esters is 1. The van der Waals surface area contributed by atoms with E-state index in [0.717, 1.165) is 33.3 Å². The molecule has 1 N–H and O–H groups in total. The van der Waals surface area contributed by atoms with Crippen LogP contribution in [0.1, 0.15) is 66.7 Å². The summed E-state index contributed by atoms with van der Waals surface area (Å²) in [7, 11) is 3.01. The minimum absolute atomic E-state index is 0.0514. The molecule has 1 saturated heterocycles. The molecule has 0 radical (unpaired) electrons. The molecular weight excluding hydrogens is 472 g/mol. The standard InChI is InChI=1S/C29H36N2O6/c1-18-15-25(35-5)23(22-12-14-31(26(18)22)28(34)37-29(2,3)4)17-30-13-11-21(32)16-24(30)19-7-9-20(10-8-19)27(33)36-6/h7-10,12,14-15,21,24,32H,11,13,16-17H2,1-6H3/t21-,24-/m0/s1. The first kappa shape index (κ1) is 26.7. The van der Waals surface area contributed by atoms with E-state index in [1.54, 1.807) is 30.0 Å². The number of aromatic nitrogens is 1. The van der Waals surface area contributed by atoms with E-state index in [0.29, 0.717) is 31.5 Å². The van der Waals surface area contributed by atoms with E-state index >= 15 is 0 Å². The third kappa shape index (κ3) is 5.65. The predicted molar refractivity (Wildman–Crippen MR) is 141 cm³/mol. The van der Waals surface area contributed by atoms with E-state index in [-0.39, 0.29) is 12.0 Å². The first-order chi connectivity index (χ1) is 17.5. The molecule has 2 aromatic carbocycles. The van der Waals surface area contributed by atoms with Gasteiger partial charge in [0, 0.05) is 36.3 Å². The molecule has 1 aliphatic heterocycles. The van der Waals surface area contributed by atoms with Crippen molar-refractivity contribution in [2.75, 3.05) is 20.8 Å². The minimum atomic E-state index is -0.609. The number of carbonyl (C=O) groups excluding carboxylic acids is 2. The van der Waals surface area contributed by atoms with Gasteiger partial charge >= 0.3 is 12.1 Å². The molecule has 0 spiro atoms. The van der Waals surface area contributed by atoms with Crippen LogP contribution in [0.5, 0.6) is 5.75 Å². The molecule has 1 aliphatic rings. The number of aliphatic hydroxyl groups is 1. The predicted octanol–water partition coefficient (Wildman–Crippen LogP) is 5.23. The van der Waals surface area contributed by atoms with E-state index in [1.807, 2.05) is 52.0 Å². The summed E-state index contributed by atoms with van der Waals surface area (Å²) < 4.78 is 17.8. The molecule has 1 aromatic heterocycles. The quantitative estimate of drug-likeness (QED) is 0.472. The number of hydrogen-bond donors (Lipinski definition) is 1. The highest BCUT2D eigenvalue weighted by Gasteiger charge is 2.31. The molecule has 4 rings (SSSR count). The van der Waals surface area contributed by atoms with Gasteiger partial charge in [-0.25, -0.2) is 9.59 Å². The average Bonchev–Trinajstić information content (AvgIpc) is 3.31. The Morgan fingerprint density at radius 2 is 1.81 bits per heavy atom. The van der Waals surface area contributed by atoms with Crippen molar-refractivity contribution >= 4 is 23.0 Å². The maximum absolute atomic E-state index is 13.0. The van der Waals surface area contributed by atoms with Gasteiger partial charge in [-0.3, -0.25) is 9.47 Å². The number of likely N-dealkylation sites (tertiary alicyclic amines) is 1. The molecule has 0 unspecified atom stereocenters. The number of rotatable bonds is 5. The summed E-state index contributed by atoms with van der Waals surface area (Å²) in [5.41, 5.74) is 3.57. The lowest BCUT2D eigenvalue weighted by Gasteiger charge is -2.38. The molecule has 0 amide bonds. The summed E-state index contributed by atoms with van der Waals surface area (Å²) in [6, 6.07) is 11.2. The highest BCUT2D eigenvalue weighted by molar-refractivity contribution is 5.95. The van der Waals surface area contributed by atoms with E-state index in [2.05, 4.69) is 4.90 Å². The van der Waals surface area contributed by atoms with Crippen molar-refractivity contribution in [3.8, 4) is 5.75 Å². The second kappa shape index (κ2) is 10.6. The first-order valence-corrected chi connectivity index (χ1v) is 12.5. The largest absolute Gasteiger partial charge is 0.496 e.